The molecule has 0 radical (unpaired) electrons. The summed E-state index contributed by atoms with van der Waals surface area (Å²) in [5, 5.41) is 0. The average Bonchev–Trinajstić information content (AvgIpc) is 2.78. The van der Waals surface area contributed by atoms with E-state index in [0.29, 0.717) is 13.1 Å². The summed E-state index contributed by atoms with van der Waals surface area (Å²) in [6, 6.07) is 25.6. The summed E-state index contributed by atoms with van der Waals surface area (Å²) in [4.78, 5) is 17.1. The van der Waals surface area contributed by atoms with E-state index in [1.165, 1.54) is 0 Å². The number of carbonyl (C=O) groups is 1. The molecule has 3 rings (SSSR count). The number of benzene rings is 3. The predicted molar refractivity (Wildman–Crippen MR) is 120 cm³/mol. The number of hydrogen-bond acceptors (Lipinski definition) is 4. The van der Waals surface area contributed by atoms with E-state index in [0.717, 1.165) is 28.3 Å². The Morgan fingerprint density at radius 3 is 2.13 bits per heavy atom. The van der Waals surface area contributed by atoms with Crippen LogP contribution in [0.2, 0.25) is 0 Å². The van der Waals surface area contributed by atoms with E-state index >= 15 is 0 Å². The molecule has 0 saturated carbocycles. The fourth-order valence-corrected chi connectivity index (χ4v) is 3.34. The third-order valence-corrected chi connectivity index (χ3v) is 4.89. The van der Waals surface area contributed by atoms with Crippen molar-refractivity contribution in [1.82, 2.24) is 4.90 Å². The van der Waals surface area contributed by atoms with Gasteiger partial charge in [-0.15, -0.1) is 0 Å². The predicted octanol–water partition coefficient (Wildman–Crippen LogP) is 4.37. The van der Waals surface area contributed by atoms with Crippen molar-refractivity contribution in [3.8, 4) is 11.5 Å². The van der Waals surface area contributed by atoms with Crippen molar-refractivity contribution in [2.45, 2.75) is 13.1 Å². The van der Waals surface area contributed by atoms with Crippen LogP contribution >= 0.6 is 0 Å². The van der Waals surface area contributed by atoms with E-state index in [9.17, 15) is 4.79 Å². The lowest BCUT2D eigenvalue weighted by atomic mass is 10.1. The first-order chi connectivity index (χ1) is 14.6. The molecule has 5 nitrogen and oxygen atoms in total. The Morgan fingerprint density at radius 2 is 1.50 bits per heavy atom. The van der Waals surface area contributed by atoms with Gasteiger partial charge in [0, 0.05) is 23.9 Å². The summed E-state index contributed by atoms with van der Waals surface area (Å²) in [5.74, 6) is 1.53. The number of para-hydroxylation sites is 1. The smallest absolute Gasteiger partial charge is 0.241 e. The Hall–Kier alpha value is -3.31. The summed E-state index contributed by atoms with van der Waals surface area (Å²) in [6.07, 6.45) is 0. The molecule has 3 aromatic rings. The van der Waals surface area contributed by atoms with Crippen molar-refractivity contribution >= 4 is 11.6 Å². The van der Waals surface area contributed by atoms with E-state index in [4.69, 9.17) is 9.47 Å². The van der Waals surface area contributed by atoms with Gasteiger partial charge in [0.15, 0.2) is 0 Å². The first-order valence-corrected chi connectivity index (χ1v) is 9.89. The fraction of sp³-hybridized carbons (Fsp3) is 0.240. The second-order valence-electron chi connectivity index (χ2n) is 7.15. The Balaban J connectivity index is 1.73. The summed E-state index contributed by atoms with van der Waals surface area (Å²) < 4.78 is 10.8. The van der Waals surface area contributed by atoms with Gasteiger partial charge < -0.3 is 14.4 Å². The molecule has 0 saturated heterocycles. The standard InChI is InChI=1S/C25H28N2O3/c1-26(18-21-14-15-23(29-2)16-24(21)30-3)19-25(28)27(22-12-8-5-9-13-22)17-20-10-6-4-7-11-20/h4-16H,17-19H2,1-3H3. The topological polar surface area (TPSA) is 42.0 Å². The normalized spacial score (nSPS) is 10.7. The number of anilines is 1. The van der Waals surface area contributed by atoms with Crippen molar-refractivity contribution in [3.05, 3.63) is 90.0 Å². The molecule has 0 N–H and O–H groups in total. The molecule has 1 amide bonds. The molecule has 0 aliphatic heterocycles. The van der Waals surface area contributed by atoms with E-state index in [-0.39, 0.29) is 12.5 Å². The fourth-order valence-electron chi connectivity index (χ4n) is 3.34. The van der Waals surface area contributed by atoms with Crippen molar-refractivity contribution in [3.63, 3.8) is 0 Å². The van der Waals surface area contributed by atoms with Gasteiger partial charge in [-0.05, 0) is 30.8 Å². The molecule has 0 heterocycles. The molecule has 0 atom stereocenters. The van der Waals surface area contributed by atoms with E-state index in [1.54, 1.807) is 14.2 Å². The summed E-state index contributed by atoms with van der Waals surface area (Å²) in [6.45, 7) is 1.41. The number of likely N-dealkylation sites (N-methyl/N-ethyl adjacent to an activating group) is 1. The highest BCUT2D eigenvalue weighted by molar-refractivity contribution is 5.94. The van der Waals surface area contributed by atoms with Crippen LogP contribution in [0, 0.1) is 0 Å². The molecule has 0 aliphatic rings. The van der Waals surface area contributed by atoms with Gasteiger partial charge in [0.2, 0.25) is 5.91 Å². The highest BCUT2D eigenvalue weighted by Gasteiger charge is 2.19. The number of carbonyl (C=O) groups excluding carboxylic acids is 1. The van der Waals surface area contributed by atoms with Gasteiger partial charge in [0.1, 0.15) is 11.5 Å². The lowest BCUT2D eigenvalue weighted by Gasteiger charge is -2.26. The van der Waals surface area contributed by atoms with Gasteiger partial charge in [-0.25, -0.2) is 0 Å². The number of amides is 1. The molecule has 0 unspecified atom stereocenters. The Morgan fingerprint density at radius 1 is 0.833 bits per heavy atom. The Kier molecular flexibility index (Phi) is 7.46. The highest BCUT2D eigenvalue weighted by Crippen LogP contribution is 2.25. The number of rotatable bonds is 9. The zero-order valence-electron chi connectivity index (χ0n) is 17.7. The minimum Gasteiger partial charge on any atom is -0.497 e. The maximum absolute atomic E-state index is 13.2. The number of hydrogen-bond donors (Lipinski definition) is 0. The maximum Gasteiger partial charge on any atom is 0.241 e. The second-order valence-corrected chi connectivity index (χ2v) is 7.15. The van der Waals surface area contributed by atoms with Crippen LogP contribution in [0.5, 0.6) is 11.5 Å². The van der Waals surface area contributed by atoms with Crippen molar-refractivity contribution in [2.24, 2.45) is 0 Å². The van der Waals surface area contributed by atoms with Gasteiger partial charge in [0.05, 0.1) is 27.3 Å². The second kappa shape index (κ2) is 10.5. The van der Waals surface area contributed by atoms with Gasteiger partial charge >= 0.3 is 0 Å². The van der Waals surface area contributed by atoms with E-state index in [2.05, 4.69) is 0 Å². The molecule has 30 heavy (non-hydrogen) atoms. The molecule has 0 fully saturated rings. The zero-order valence-corrected chi connectivity index (χ0v) is 17.7. The molecule has 0 spiro atoms. The third-order valence-electron chi connectivity index (χ3n) is 4.89. The first-order valence-electron chi connectivity index (χ1n) is 9.89. The van der Waals surface area contributed by atoms with E-state index < -0.39 is 0 Å². The monoisotopic (exact) mass is 404 g/mol. The van der Waals surface area contributed by atoms with Gasteiger partial charge in [-0.1, -0.05) is 54.6 Å². The minimum atomic E-state index is 0.0417. The van der Waals surface area contributed by atoms with E-state index in [1.807, 2.05) is 95.7 Å². The molecular formula is C25H28N2O3. The van der Waals surface area contributed by atoms with Crippen LogP contribution in [0.15, 0.2) is 78.9 Å². The average molecular weight is 405 g/mol. The zero-order chi connectivity index (χ0) is 21.3. The van der Waals surface area contributed by atoms with Crippen LogP contribution in [0.1, 0.15) is 11.1 Å². The summed E-state index contributed by atoms with van der Waals surface area (Å²) in [5.41, 5.74) is 2.99. The molecule has 0 aliphatic carbocycles. The SMILES string of the molecule is COc1ccc(CN(C)CC(=O)N(Cc2ccccc2)c2ccccc2)c(OC)c1. The first kappa shape index (κ1) is 21.4. The summed E-state index contributed by atoms with van der Waals surface area (Å²) in [7, 11) is 5.21. The molecule has 0 bridgehead atoms. The quantitative estimate of drug-likeness (QED) is 0.531. The van der Waals surface area contributed by atoms with Crippen LogP contribution < -0.4 is 14.4 Å². The van der Waals surface area contributed by atoms with Gasteiger partial charge in [-0.2, -0.15) is 0 Å². The molecular weight excluding hydrogens is 376 g/mol. The number of ether oxygens (including phenoxy) is 2. The Labute approximate surface area is 178 Å². The van der Waals surface area contributed by atoms with Crippen LogP contribution in [-0.4, -0.2) is 38.6 Å². The molecule has 5 heteroatoms. The Bertz CT molecular complexity index is 945. The number of nitrogens with zero attached hydrogens (tertiary/aromatic N) is 2. The van der Waals surface area contributed by atoms with Crippen LogP contribution in [0.3, 0.4) is 0 Å². The van der Waals surface area contributed by atoms with Crippen molar-refractivity contribution < 1.29 is 14.3 Å². The largest absolute Gasteiger partial charge is 0.497 e. The van der Waals surface area contributed by atoms with Gasteiger partial charge in [0.25, 0.3) is 0 Å². The van der Waals surface area contributed by atoms with Crippen LogP contribution in [0.25, 0.3) is 0 Å². The van der Waals surface area contributed by atoms with Crippen LogP contribution in [0.4, 0.5) is 5.69 Å². The minimum absolute atomic E-state index is 0.0417. The maximum atomic E-state index is 13.2. The van der Waals surface area contributed by atoms with Crippen molar-refractivity contribution in [1.29, 1.82) is 0 Å². The summed E-state index contributed by atoms with van der Waals surface area (Å²) >= 11 is 0. The van der Waals surface area contributed by atoms with Gasteiger partial charge in [-0.3, -0.25) is 9.69 Å². The van der Waals surface area contributed by atoms with Crippen LogP contribution in [-0.2, 0) is 17.9 Å². The molecule has 156 valence electrons. The third kappa shape index (κ3) is 5.61. The number of methoxy groups -OCH3 is 2. The molecule has 3 aromatic carbocycles. The lowest BCUT2D eigenvalue weighted by Crippen LogP contribution is -2.38. The highest BCUT2D eigenvalue weighted by atomic mass is 16.5. The lowest BCUT2D eigenvalue weighted by molar-refractivity contribution is -0.119. The van der Waals surface area contributed by atoms with Crippen molar-refractivity contribution in [2.75, 3.05) is 32.7 Å². The molecule has 0 aromatic heterocycles.